The molecule has 1 amide bonds. The molecule has 0 aromatic heterocycles. The SMILES string of the molecule is CC(C)C(CO)N(CC(=O)Nc1ccc(Cl)cc1C(F)(F)F)Cc1ccccc1. The van der Waals surface area contributed by atoms with Crippen molar-refractivity contribution in [1.29, 1.82) is 0 Å². The molecule has 2 rings (SSSR count). The standard InChI is InChI=1S/C21H24ClF3N2O2/c1-14(2)19(13-28)27(11-15-6-4-3-5-7-15)12-20(29)26-18-9-8-16(22)10-17(18)21(23,24)25/h3-10,14,19,28H,11-13H2,1-2H3,(H,26,29). The van der Waals surface area contributed by atoms with Gasteiger partial charge in [-0.3, -0.25) is 9.69 Å². The Morgan fingerprint density at radius 1 is 1.17 bits per heavy atom. The van der Waals surface area contributed by atoms with Crippen LogP contribution in [0.1, 0.15) is 25.0 Å². The van der Waals surface area contributed by atoms with Crippen molar-refractivity contribution < 1.29 is 23.1 Å². The largest absolute Gasteiger partial charge is 0.418 e. The lowest BCUT2D eigenvalue weighted by Crippen LogP contribution is -2.45. The second kappa shape index (κ2) is 10.1. The Morgan fingerprint density at radius 2 is 1.83 bits per heavy atom. The topological polar surface area (TPSA) is 52.6 Å². The van der Waals surface area contributed by atoms with Gasteiger partial charge in [0.25, 0.3) is 0 Å². The minimum atomic E-state index is -4.65. The number of alkyl halides is 3. The highest BCUT2D eigenvalue weighted by Gasteiger charge is 2.34. The molecule has 0 spiro atoms. The van der Waals surface area contributed by atoms with Gasteiger partial charge in [-0.1, -0.05) is 55.8 Å². The quantitative estimate of drug-likeness (QED) is 0.634. The Morgan fingerprint density at radius 3 is 2.38 bits per heavy atom. The molecular formula is C21H24ClF3N2O2. The van der Waals surface area contributed by atoms with Gasteiger partial charge < -0.3 is 10.4 Å². The highest BCUT2D eigenvalue weighted by Crippen LogP contribution is 2.36. The van der Waals surface area contributed by atoms with Gasteiger partial charge in [0.05, 0.1) is 24.4 Å². The lowest BCUT2D eigenvalue weighted by atomic mass is 10.0. The summed E-state index contributed by atoms with van der Waals surface area (Å²) in [5.41, 5.74) is -0.422. The van der Waals surface area contributed by atoms with Crippen molar-refractivity contribution >= 4 is 23.2 Å². The van der Waals surface area contributed by atoms with E-state index in [1.54, 1.807) is 4.90 Å². The number of nitrogens with one attached hydrogen (secondary N) is 1. The van der Waals surface area contributed by atoms with Crippen LogP contribution in [-0.2, 0) is 17.5 Å². The third-order valence-electron chi connectivity index (χ3n) is 4.56. The third kappa shape index (κ3) is 6.73. The van der Waals surface area contributed by atoms with Crippen LogP contribution in [0.3, 0.4) is 0 Å². The molecule has 29 heavy (non-hydrogen) atoms. The average molecular weight is 429 g/mol. The van der Waals surface area contributed by atoms with E-state index in [9.17, 15) is 23.1 Å². The Balaban J connectivity index is 2.22. The summed E-state index contributed by atoms with van der Waals surface area (Å²) in [6.45, 7) is 3.87. The molecule has 0 radical (unpaired) electrons. The van der Waals surface area contributed by atoms with Crippen LogP contribution in [0.2, 0.25) is 5.02 Å². The van der Waals surface area contributed by atoms with E-state index >= 15 is 0 Å². The molecule has 0 aliphatic heterocycles. The lowest BCUT2D eigenvalue weighted by Gasteiger charge is -2.32. The number of benzene rings is 2. The fourth-order valence-corrected chi connectivity index (χ4v) is 3.26. The summed E-state index contributed by atoms with van der Waals surface area (Å²) in [4.78, 5) is 14.3. The van der Waals surface area contributed by atoms with E-state index in [1.165, 1.54) is 6.07 Å². The fraction of sp³-hybridized carbons (Fsp3) is 0.381. The van der Waals surface area contributed by atoms with E-state index in [0.29, 0.717) is 6.54 Å². The van der Waals surface area contributed by atoms with Crippen LogP contribution in [0.15, 0.2) is 48.5 Å². The number of nitrogens with zero attached hydrogens (tertiary/aromatic N) is 1. The van der Waals surface area contributed by atoms with Crippen LogP contribution < -0.4 is 5.32 Å². The monoisotopic (exact) mass is 428 g/mol. The predicted molar refractivity (Wildman–Crippen MR) is 108 cm³/mol. The number of hydrogen-bond donors (Lipinski definition) is 2. The summed E-state index contributed by atoms with van der Waals surface area (Å²) in [7, 11) is 0. The van der Waals surface area contributed by atoms with Gasteiger partial charge in [0.2, 0.25) is 5.91 Å². The molecule has 0 aliphatic carbocycles. The first-order valence-corrected chi connectivity index (χ1v) is 9.55. The fourth-order valence-electron chi connectivity index (χ4n) is 3.09. The van der Waals surface area contributed by atoms with Crippen LogP contribution in [0, 0.1) is 5.92 Å². The van der Waals surface area contributed by atoms with Crippen LogP contribution in [0.4, 0.5) is 18.9 Å². The lowest BCUT2D eigenvalue weighted by molar-refractivity contribution is -0.137. The van der Waals surface area contributed by atoms with Crippen LogP contribution in [0.5, 0.6) is 0 Å². The van der Waals surface area contributed by atoms with E-state index in [0.717, 1.165) is 17.7 Å². The smallest absolute Gasteiger partial charge is 0.395 e. The second-order valence-corrected chi connectivity index (χ2v) is 7.56. The summed E-state index contributed by atoms with van der Waals surface area (Å²) in [5.74, 6) is -0.564. The molecule has 0 fully saturated rings. The molecular weight excluding hydrogens is 405 g/mol. The number of carbonyl (C=O) groups excluding carboxylic acids is 1. The predicted octanol–water partition coefficient (Wildman–Crippen LogP) is 4.82. The van der Waals surface area contributed by atoms with E-state index in [1.807, 2.05) is 44.2 Å². The summed E-state index contributed by atoms with van der Waals surface area (Å²) in [6.07, 6.45) is -4.65. The molecule has 0 bridgehead atoms. The normalized spacial score (nSPS) is 13.0. The van der Waals surface area contributed by atoms with Gasteiger partial charge >= 0.3 is 6.18 Å². The number of aliphatic hydroxyl groups is 1. The van der Waals surface area contributed by atoms with Crippen molar-refractivity contribution in [3.05, 3.63) is 64.7 Å². The highest BCUT2D eigenvalue weighted by molar-refractivity contribution is 6.30. The minimum absolute atomic E-state index is 0.0396. The van der Waals surface area contributed by atoms with Gasteiger partial charge in [-0.2, -0.15) is 13.2 Å². The molecule has 158 valence electrons. The Kier molecular flexibility index (Phi) is 8.07. The number of rotatable bonds is 8. The molecule has 0 heterocycles. The van der Waals surface area contributed by atoms with Gasteiger partial charge in [-0.05, 0) is 29.7 Å². The van der Waals surface area contributed by atoms with E-state index in [2.05, 4.69) is 5.32 Å². The molecule has 0 aliphatic rings. The van der Waals surface area contributed by atoms with Crippen LogP contribution in [0.25, 0.3) is 0 Å². The first-order valence-electron chi connectivity index (χ1n) is 9.17. The Hall–Kier alpha value is -2.09. The van der Waals surface area contributed by atoms with E-state index < -0.39 is 17.6 Å². The third-order valence-corrected chi connectivity index (χ3v) is 4.80. The van der Waals surface area contributed by atoms with Gasteiger partial charge in [0.1, 0.15) is 0 Å². The Bertz CT molecular complexity index is 813. The molecule has 1 unspecified atom stereocenters. The van der Waals surface area contributed by atoms with Crippen molar-refractivity contribution in [3.8, 4) is 0 Å². The molecule has 1 atom stereocenters. The zero-order valence-corrected chi connectivity index (χ0v) is 17.0. The number of aliphatic hydroxyl groups excluding tert-OH is 1. The maximum Gasteiger partial charge on any atom is 0.418 e. The van der Waals surface area contributed by atoms with Gasteiger partial charge in [0.15, 0.2) is 0 Å². The number of carbonyl (C=O) groups is 1. The van der Waals surface area contributed by atoms with Crippen molar-refractivity contribution in [2.24, 2.45) is 5.92 Å². The molecule has 8 heteroatoms. The molecule has 4 nitrogen and oxygen atoms in total. The molecule has 0 saturated heterocycles. The maximum absolute atomic E-state index is 13.3. The van der Waals surface area contributed by atoms with Crippen LogP contribution in [-0.4, -0.2) is 35.1 Å². The Labute approximate surface area is 173 Å². The molecule has 2 N–H and O–H groups in total. The van der Waals surface area contributed by atoms with Crippen molar-refractivity contribution in [3.63, 3.8) is 0 Å². The summed E-state index contributed by atoms with van der Waals surface area (Å²) in [6, 6.07) is 12.3. The second-order valence-electron chi connectivity index (χ2n) is 7.12. The molecule has 2 aromatic carbocycles. The summed E-state index contributed by atoms with van der Waals surface area (Å²) >= 11 is 5.68. The van der Waals surface area contributed by atoms with Crippen LogP contribution >= 0.6 is 11.6 Å². The summed E-state index contributed by atoms with van der Waals surface area (Å²) < 4.78 is 39.8. The average Bonchev–Trinajstić information content (AvgIpc) is 2.63. The zero-order chi connectivity index (χ0) is 21.6. The first-order chi connectivity index (χ1) is 13.6. The van der Waals surface area contributed by atoms with Gasteiger partial charge in [-0.15, -0.1) is 0 Å². The number of halogens is 4. The number of amides is 1. The molecule has 0 saturated carbocycles. The zero-order valence-electron chi connectivity index (χ0n) is 16.2. The van der Waals surface area contributed by atoms with E-state index in [4.69, 9.17) is 11.6 Å². The van der Waals surface area contributed by atoms with Gasteiger partial charge in [0, 0.05) is 17.6 Å². The summed E-state index contributed by atoms with van der Waals surface area (Å²) in [5, 5.41) is 12.1. The minimum Gasteiger partial charge on any atom is -0.395 e. The van der Waals surface area contributed by atoms with Crippen molar-refractivity contribution in [1.82, 2.24) is 4.90 Å². The first kappa shape index (κ1) is 23.2. The highest BCUT2D eigenvalue weighted by atomic mass is 35.5. The number of hydrogen-bond acceptors (Lipinski definition) is 3. The van der Waals surface area contributed by atoms with Crippen molar-refractivity contribution in [2.75, 3.05) is 18.5 Å². The van der Waals surface area contributed by atoms with Gasteiger partial charge in [-0.25, -0.2) is 0 Å². The maximum atomic E-state index is 13.3. The number of anilines is 1. The van der Waals surface area contributed by atoms with E-state index in [-0.39, 0.29) is 35.8 Å². The van der Waals surface area contributed by atoms with Crippen molar-refractivity contribution in [2.45, 2.75) is 32.6 Å². The molecule has 2 aromatic rings.